The maximum Gasteiger partial charge on any atom is 0.232 e. The van der Waals surface area contributed by atoms with E-state index in [-0.39, 0.29) is 29.6 Å². The Kier molecular flexibility index (Phi) is 5.52. The summed E-state index contributed by atoms with van der Waals surface area (Å²) in [6.45, 7) is 6.96. The average Bonchev–Trinajstić information content (AvgIpc) is 3.13. The van der Waals surface area contributed by atoms with E-state index in [1.807, 2.05) is 51.1 Å². The quantitative estimate of drug-likeness (QED) is 0.806. The summed E-state index contributed by atoms with van der Waals surface area (Å²) < 4.78 is 0. The minimum atomic E-state index is -0.477. The predicted octanol–water partition coefficient (Wildman–Crippen LogP) is 3.06. The van der Waals surface area contributed by atoms with Crippen molar-refractivity contribution >= 4 is 23.6 Å². The summed E-state index contributed by atoms with van der Waals surface area (Å²) >= 11 is 0. The number of aromatic nitrogens is 1. The SMILES string of the molecule is CC(C)[C@]1(C)CC(=O)N(Cc2ccnc(N3C[C@@H](c4ccccc4)CC3=O)c2)C(N)=N1. The lowest BCUT2D eigenvalue weighted by Gasteiger charge is -2.37. The Morgan fingerprint density at radius 3 is 2.58 bits per heavy atom. The molecule has 2 atom stereocenters. The maximum atomic E-state index is 12.8. The average molecular weight is 420 g/mol. The number of amides is 2. The highest BCUT2D eigenvalue weighted by Gasteiger charge is 2.38. The second-order valence-corrected chi connectivity index (χ2v) is 8.98. The molecule has 2 aliphatic rings. The summed E-state index contributed by atoms with van der Waals surface area (Å²) in [6.07, 6.45) is 2.47. The van der Waals surface area contributed by atoms with E-state index >= 15 is 0 Å². The van der Waals surface area contributed by atoms with Gasteiger partial charge in [-0.05, 0) is 36.1 Å². The molecule has 2 N–H and O–H groups in total. The lowest BCUT2D eigenvalue weighted by Crippen LogP contribution is -2.51. The summed E-state index contributed by atoms with van der Waals surface area (Å²) in [6, 6.07) is 13.8. The zero-order chi connectivity index (χ0) is 22.2. The smallest absolute Gasteiger partial charge is 0.232 e. The van der Waals surface area contributed by atoms with Crippen molar-refractivity contribution in [3.63, 3.8) is 0 Å². The molecule has 31 heavy (non-hydrogen) atoms. The summed E-state index contributed by atoms with van der Waals surface area (Å²) in [7, 11) is 0. The first-order valence-electron chi connectivity index (χ1n) is 10.7. The number of nitrogens with two attached hydrogens (primary N) is 1. The third kappa shape index (κ3) is 4.17. The van der Waals surface area contributed by atoms with Crippen LogP contribution in [-0.4, -0.2) is 39.7 Å². The lowest BCUT2D eigenvalue weighted by atomic mass is 9.84. The van der Waals surface area contributed by atoms with E-state index < -0.39 is 5.54 Å². The molecule has 3 heterocycles. The molecule has 1 saturated heterocycles. The highest BCUT2D eigenvalue weighted by atomic mass is 16.2. The van der Waals surface area contributed by atoms with E-state index in [0.29, 0.717) is 31.7 Å². The number of hydrogen-bond acceptors (Lipinski definition) is 5. The van der Waals surface area contributed by atoms with E-state index in [9.17, 15) is 9.59 Å². The van der Waals surface area contributed by atoms with Gasteiger partial charge in [0.1, 0.15) is 5.82 Å². The first-order chi connectivity index (χ1) is 14.8. The molecule has 0 unspecified atom stereocenters. The van der Waals surface area contributed by atoms with Crippen LogP contribution in [0.3, 0.4) is 0 Å². The van der Waals surface area contributed by atoms with Crippen molar-refractivity contribution in [3.05, 3.63) is 59.8 Å². The molecule has 0 radical (unpaired) electrons. The molecular formula is C24H29N5O2. The zero-order valence-electron chi connectivity index (χ0n) is 18.3. The molecule has 0 saturated carbocycles. The minimum absolute atomic E-state index is 0.0385. The fraction of sp³-hybridized carbons (Fsp3) is 0.417. The number of benzene rings is 1. The van der Waals surface area contributed by atoms with E-state index in [1.165, 1.54) is 4.90 Å². The second kappa shape index (κ2) is 8.13. The number of guanidine groups is 1. The Labute approximate surface area is 183 Å². The number of carbonyl (C=O) groups excluding carboxylic acids is 2. The normalized spacial score (nSPS) is 24.1. The van der Waals surface area contributed by atoms with Crippen molar-refractivity contribution in [1.29, 1.82) is 0 Å². The number of aliphatic imine (C=N–C) groups is 1. The van der Waals surface area contributed by atoms with Gasteiger partial charge >= 0.3 is 0 Å². The molecule has 7 heteroatoms. The Balaban J connectivity index is 1.52. The number of carbonyl (C=O) groups is 2. The van der Waals surface area contributed by atoms with Crippen LogP contribution in [0.1, 0.15) is 50.7 Å². The molecule has 2 aromatic rings. The van der Waals surface area contributed by atoms with Gasteiger partial charge in [-0.1, -0.05) is 44.2 Å². The minimum Gasteiger partial charge on any atom is -0.369 e. The Bertz CT molecular complexity index is 1020. The van der Waals surface area contributed by atoms with Gasteiger partial charge in [-0.2, -0.15) is 0 Å². The van der Waals surface area contributed by atoms with E-state index in [4.69, 9.17) is 5.73 Å². The third-order valence-corrected chi connectivity index (χ3v) is 6.52. The van der Waals surface area contributed by atoms with Gasteiger partial charge in [0.05, 0.1) is 18.5 Å². The van der Waals surface area contributed by atoms with Crippen LogP contribution < -0.4 is 10.6 Å². The highest BCUT2D eigenvalue weighted by molar-refractivity contribution is 5.99. The Morgan fingerprint density at radius 2 is 1.90 bits per heavy atom. The lowest BCUT2D eigenvalue weighted by molar-refractivity contribution is -0.130. The van der Waals surface area contributed by atoms with E-state index in [1.54, 1.807) is 11.1 Å². The number of pyridine rings is 1. The van der Waals surface area contributed by atoms with Crippen LogP contribution >= 0.6 is 0 Å². The number of anilines is 1. The van der Waals surface area contributed by atoms with Crippen molar-refractivity contribution in [2.24, 2.45) is 16.6 Å². The van der Waals surface area contributed by atoms with Crippen molar-refractivity contribution in [1.82, 2.24) is 9.88 Å². The van der Waals surface area contributed by atoms with Crippen molar-refractivity contribution in [3.8, 4) is 0 Å². The van der Waals surface area contributed by atoms with Gasteiger partial charge in [-0.3, -0.25) is 19.4 Å². The van der Waals surface area contributed by atoms with Gasteiger partial charge in [0, 0.05) is 25.1 Å². The van der Waals surface area contributed by atoms with Gasteiger partial charge in [-0.15, -0.1) is 0 Å². The molecule has 0 spiro atoms. The maximum absolute atomic E-state index is 12.8. The van der Waals surface area contributed by atoms with Crippen LogP contribution in [0.25, 0.3) is 0 Å². The Morgan fingerprint density at radius 1 is 1.16 bits per heavy atom. The highest BCUT2D eigenvalue weighted by Crippen LogP contribution is 2.32. The standard InChI is InChI=1S/C24H29N5O2/c1-16(2)24(3)13-22(31)29(23(25)27-24)14-17-9-10-26-20(11-17)28-15-19(12-21(28)30)18-7-5-4-6-8-18/h4-11,16,19H,12-15H2,1-3H3,(H2,25,27)/t19-,24-/m0/s1. The molecule has 162 valence electrons. The molecule has 7 nitrogen and oxygen atoms in total. The van der Waals surface area contributed by atoms with Crippen molar-refractivity contribution in [2.45, 2.75) is 51.6 Å². The fourth-order valence-electron chi connectivity index (χ4n) is 4.16. The number of nitrogens with zero attached hydrogens (tertiary/aromatic N) is 4. The molecule has 0 aliphatic carbocycles. The molecule has 0 bridgehead atoms. The van der Waals surface area contributed by atoms with Gasteiger partial charge in [0.15, 0.2) is 5.96 Å². The largest absolute Gasteiger partial charge is 0.369 e. The van der Waals surface area contributed by atoms with Crippen LogP contribution in [0.5, 0.6) is 0 Å². The number of rotatable bonds is 5. The number of hydrogen-bond donors (Lipinski definition) is 1. The van der Waals surface area contributed by atoms with Gasteiger partial charge in [0.2, 0.25) is 11.8 Å². The molecule has 2 aliphatic heterocycles. The van der Waals surface area contributed by atoms with Crippen LogP contribution in [-0.2, 0) is 16.1 Å². The van der Waals surface area contributed by atoms with Crippen LogP contribution in [0.4, 0.5) is 5.82 Å². The molecule has 2 amide bonds. The van der Waals surface area contributed by atoms with Gasteiger partial charge in [-0.25, -0.2) is 9.98 Å². The van der Waals surface area contributed by atoms with E-state index in [2.05, 4.69) is 22.1 Å². The monoisotopic (exact) mass is 419 g/mol. The molecule has 1 aromatic carbocycles. The van der Waals surface area contributed by atoms with Crippen LogP contribution in [0.2, 0.25) is 0 Å². The fourth-order valence-corrected chi connectivity index (χ4v) is 4.16. The van der Waals surface area contributed by atoms with E-state index in [0.717, 1.165) is 11.1 Å². The predicted molar refractivity (Wildman–Crippen MR) is 120 cm³/mol. The molecular weight excluding hydrogens is 390 g/mol. The zero-order valence-corrected chi connectivity index (χ0v) is 18.3. The van der Waals surface area contributed by atoms with Gasteiger partial charge in [0.25, 0.3) is 0 Å². The summed E-state index contributed by atoms with van der Waals surface area (Å²) in [5, 5.41) is 0. The van der Waals surface area contributed by atoms with Crippen LogP contribution in [0.15, 0.2) is 53.7 Å². The second-order valence-electron chi connectivity index (χ2n) is 8.98. The molecule has 1 fully saturated rings. The van der Waals surface area contributed by atoms with Crippen LogP contribution in [0, 0.1) is 5.92 Å². The van der Waals surface area contributed by atoms with Crippen molar-refractivity contribution in [2.75, 3.05) is 11.4 Å². The summed E-state index contributed by atoms with van der Waals surface area (Å²) in [5.74, 6) is 1.23. The van der Waals surface area contributed by atoms with Crippen molar-refractivity contribution < 1.29 is 9.59 Å². The van der Waals surface area contributed by atoms with Gasteiger partial charge < -0.3 is 5.73 Å². The topological polar surface area (TPSA) is 91.9 Å². The molecule has 4 rings (SSSR count). The third-order valence-electron chi connectivity index (χ3n) is 6.52. The first-order valence-corrected chi connectivity index (χ1v) is 10.7. The molecule has 1 aromatic heterocycles. The summed E-state index contributed by atoms with van der Waals surface area (Å²) in [4.78, 5) is 37.8. The first kappa shape index (κ1) is 21.0. The summed E-state index contributed by atoms with van der Waals surface area (Å²) in [5.41, 5.74) is 7.71. The Hall–Kier alpha value is -3.22.